The minimum Gasteiger partial charge on any atom is -0.467 e. The number of nitrogens with one attached hydrogen (secondary N) is 2. The first-order valence-corrected chi connectivity index (χ1v) is 11.3. The number of ether oxygens (including phenoxy) is 2. The van der Waals surface area contributed by atoms with Crippen molar-refractivity contribution in [3.05, 3.63) is 0 Å². The van der Waals surface area contributed by atoms with Gasteiger partial charge in [-0.15, -0.1) is 0 Å². The number of nitrogens with zero attached hydrogens (tertiary/aromatic N) is 1. The number of aliphatic hydroxyl groups excluding tert-OH is 1. The monoisotopic (exact) mass is 441 g/mol. The third kappa shape index (κ3) is 6.32. The van der Waals surface area contributed by atoms with E-state index in [1.54, 1.807) is 25.7 Å². The molecule has 0 spiro atoms. The molecule has 0 aromatic rings. The first-order valence-electron chi connectivity index (χ1n) is 11.3. The third-order valence-electron chi connectivity index (χ3n) is 6.26. The van der Waals surface area contributed by atoms with Crippen molar-refractivity contribution >= 4 is 18.0 Å². The quantitative estimate of drug-likeness (QED) is 0.513. The van der Waals surface area contributed by atoms with Crippen LogP contribution in [-0.2, 0) is 19.1 Å². The van der Waals surface area contributed by atoms with E-state index in [9.17, 15) is 19.5 Å². The summed E-state index contributed by atoms with van der Waals surface area (Å²) >= 11 is 0. The van der Waals surface area contributed by atoms with Gasteiger partial charge in [0.05, 0.1) is 13.2 Å². The number of esters is 1. The van der Waals surface area contributed by atoms with Crippen LogP contribution in [0.15, 0.2) is 0 Å². The Morgan fingerprint density at radius 2 is 1.87 bits per heavy atom. The molecule has 2 heterocycles. The van der Waals surface area contributed by atoms with E-state index in [0.29, 0.717) is 19.3 Å². The fourth-order valence-corrected chi connectivity index (χ4v) is 4.65. The van der Waals surface area contributed by atoms with Gasteiger partial charge in [-0.05, 0) is 59.8 Å². The Bertz CT molecular complexity index is 650. The topological polar surface area (TPSA) is 117 Å². The summed E-state index contributed by atoms with van der Waals surface area (Å²) in [5.74, 6) is -0.852. The summed E-state index contributed by atoms with van der Waals surface area (Å²) in [6.45, 7) is 9.12. The van der Waals surface area contributed by atoms with Gasteiger partial charge in [-0.3, -0.25) is 4.79 Å². The highest BCUT2D eigenvalue weighted by molar-refractivity contribution is 5.89. The molecule has 0 aliphatic carbocycles. The summed E-state index contributed by atoms with van der Waals surface area (Å²) in [6.07, 6.45) is 2.89. The number of carbonyl (C=O) groups excluding carboxylic acids is 3. The molecule has 2 unspecified atom stereocenters. The smallest absolute Gasteiger partial charge is 0.407 e. The molecule has 3 N–H and O–H groups in total. The lowest BCUT2D eigenvalue weighted by molar-refractivity contribution is -0.153. The predicted molar refractivity (Wildman–Crippen MR) is 115 cm³/mol. The third-order valence-corrected chi connectivity index (χ3v) is 6.26. The summed E-state index contributed by atoms with van der Waals surface area (Å²) in [5.41, 5.74) is -0.605. The molecule has 9 heteroatoms. The molecular formula is C22H39N3O6. The van der Waals surface area contributed by atoms with Crippen LogP contribution in [0.3, 0.4) is 0 Å². The molecule has 9 nitrogen and oxygen atoms in total. The van der Waals surface area contributed by atoms with Gasteiger partial charge in [0.2, 0.25) is 5.91 Å². The van der Waals surface area contributed by atoms with Crippen LogP contribution in [0.4, 0.5) is 4.79 Å². The fraction of sp³-hybridized carbons (Fsp3) is 0.864. The van der Waals surface area contributed by atoms with Crippen molar-refractivity contribution in [2.75, 3.05) is 13.7 Å². The van der Waals surface area contributed by atoms with Crippen LogP contribution in [-0.4, -0.2) is 77.5 Å². The lowest BCUT2D eigenvalue weighted by Crippen LogP contribution is -2.59. The molecule has 2 amide bonds. The Labute approximate surface area is 185 Å². The van der Waals surface area contributed by atoms with Crippen LogP contribution in [0.1, 0.15) is 66.7 Å². The zero-order valence-electron chi connectivity index (χ0n) is 19.6. The van der Waals surface area contributed by atoms with Crippen LogP contribution in [0.25, 0.3) is 0 Å². The molecule has 178 valence electrons. The van der Waals surface area contributed by atoms with E-state index < -0.39 is 29.7 Å². The second-order valence-electron chi connectivity index (χ2n) is 9.63. The van der Waals surface area contributed by atoms with E-state index in [1.165, 1.54) is 7.11 Å². The van der Waals surface area contributed by atoms with Crippen molar-refractivity contribution in [2.24, 2.45) is 5.92 Å². The summed E-state index contributed by atoms with van der Waals surface area (Å²) in [6, 6.07) is -1.77. The Kier molecular flexibility index (Phi) is 8.71. The molecule has 0 radical (unpaired) electrons. The first kappa shape index (κ1) is 25.4. The van der Waals surface area contributed by atoms with E-state index in [2.05, 4.69) is 10.6 Å². The average Bonchev–Trinajstić information content (AvgIpc) is 3.07. The number of methoxy groups -OCH3 is 1. The first-order chi connectivity index (χ1) is 14.5. The Hall–Kier alpha value is -1.87. The number of fused-ring (bicyclic) bond motifs is 1. The molecule has 2 aliphatic rings. The predicted octanol–water partition coefficient (Wildman–Crippen LogP) is 1.57. The molecule has 0 saturated carbocycles. The molecule has 0 bridgehead atoms. The van der Waals surface area contributed by atoms with E-state index in [-0.39, 0.29) is 36.6 Å². The van der Waals surface area contributed by atoms with Crippen molar-refractivity contribution in [3.63, 3.8) is 0 Å². The van der Waals surface area contributed by atoms with Gasteiger partial charge in [0, 0.05) is 30.7 Å². The number of carbonyl (C=O) groups is 3. The highest BCUT2D eigenvalue weighted by Crippen LogP contribution is 2.34. The standard InChI is InChI=1S/C22H39N3O6/c1-7-16(24-21(29)31-22(3,4)5)13(2)23-18-14(12-26)8-9-15-10-11-17(20(28)30-6)25(15)19(18)27/h13-18,23,26H,7-12H2,1-6H3,(H,24,29)/t13?,14-,15?,16+,17+,18+/m1/s1. The van der Waals surface area contributed by atoms with Gasteiger partial charge >= 0.3 is 12.1 Å². The van der Waals surface area contributed by atoms with Gasteiger partial charge in [-0.2, -0.15) is 0 Å². The van der Waals surface area contributed by atoms with Crippen molar-refractivity contribution < 1.29 is 29.0 Å². The Morgan fingerprint density at radius 3 is 2.42 bits per heavy atom. The highest BCUT2D eigenvalue weighted by atomic mass is 16.6. The van der Waals surface area contributed by atoms with Crippen LogP contribution >= 0.6 is 0 Å². The van der Waals surface area contributed by atoms with Gasteiger partial charge in [0.25, 0.3) is 0 Å². The van der Waals surface area contributed by atoms with Crippen LogP contribution in [0.2, 0.25) is 0 Å². The summed E-state index contributed by atoms with van der Waals surface area (Å²) in [7, 11) is 1.33. The van der Waals surface area contributed by atoms with Crippen LogP contribution in [0.5, 0.6) is 0 Å². The maximum absolute atomic E-state index is 13.5. The van der Waals surface area contributed by atoms with Crippen molar-refractivity contribution in [2.45, 2.75) is 103 Å². The summed E-state index contributed by atoms with van der Waals surface area (Å²) in [5, 5.41) is 16.2. The van der Waals surface area contributed by atoms with Crippen LogP contribution in [0, 0.1) is 5.92 Å². The zero-order valence-corrected chi connectivity index (χ0v) is 19.6. The molecular weight excluding hydrogens is 402 g/mol. The fourth-order valence-electron chi connectivity index (χ4n) is 4.65. The zero-order chi connectivity index (χ0) is 23.3. The highest BCUT2D eigenvalue weighted by Gasteiger charge is 2.47. The largest absolute Gasteiger partial charge is 0.467 e. The lowest BCUT2D eigenvalue weighted by atomic mass is 9.93. The minimum atomic E-state index is -0.648. The van der Waals surface area contributed by atoms with Gasteiger partial charge in [-0.1, -0.05) is 6.92 Å². The number of hydrogen-bond acceptors (Lipinski definition) is 7. The van der Waals surface area contributed by atoms with Gasteiger partial charge < -0.3 is 30.1 Å². The average molecular weight is 442 g/mol. The van der Waals surface area contributed by atoms with Gasteiger partial charge in [0.15, 0.2) is 0 Å². The molecule has 2 saturated heterocycles. The molecule has 6 atom stereocenters. The Balaban J connectivity index is 2.16. The number of amides is 2. The maximum Gasteiger partial charge on any atom is 0.407 e. The molecule has 2 aliphatic heterocycles. The number of hydrogen-bond donors (Lipinski definition) is 3. The van der Waals surface area contributed by atoms with E-state index in [0.717, 1.165) is 12.8 Å². The molecule has 2 fully saturated rings. The maximum atomic E-state index is 13.5. The van der Waals surface area contributed by atoms with Crippen molar-refractivity contribution in [3.8, 4) is 0 Å². The SMILES string of the molecule is CC[C@H](NC(=O)OC(C)(C)C)C(C)N[C@@H]1C(=O)N2C(CC[C@@H]1CO)CC[C@H]2C(=O)OC. The van der Waals surface area contributed by atoms with Crippen molar-refractivity contribution in [1.82, 2.24) is 15.5 Å². The van der Waals surface area contributed by atoms with Gasteiger partial charge in [-0.25, -0.2) is 9.59 Å². The second-order valence-corrected chi connectivity index (χ2v) is 9.63. The molecule has 31 heavy (non-hydrogen) atoms. The molecule has 0 aromatic carbocycles. The summed E-state index contributed by atoms with van der Waals surface area (Å²) in [4.78, 5) is 39.7. The van der Waals surface area contributed by atoms with E-state index >= 15 is 0 Å². The Morgan fingerprint density at radius 1 is 1.23 bits per heavy atom. The van der Waals surface area contributed by atoms with Crippen molar-refractivity contribution in [1.29, 1.82) is 0 Å². The minimum absolute atomic E-state index is 0.0189. The van der Waals surface area contributed by atoms with Crippen LogP contribution < -0.4 is 10.6 Å². The van der Waals surface area contributed by atoms with Gasteiger partial charge in [0.1, 0.15) is 11.6 Å². The lowest BCUT2D eigenvalue weighted by Gasteiger charge is -2.35. The van der Waals surface area contributed by atoms with E-state index in [4.69, 9.17) is 9.47 Å². The molecule has 0 aromatic heterocycles. The van der Waals surface area contributed by atoms with E-state index in [1.807, 2.05) is 13.8 Å². The summed E-state index contributed by atoms with van der Waals surface area (Å²) < 4.78 is 10.3. The number of aliphatic hydroxyl groups is 1. The normalized spacial score (nSPS) is 28.4. The molecule has 2 rings (SSSR count). The number of alkyl carbamates (subject to hydrolysis) is 1. The number of rotatable bonds is 7. The second kappa shape index (κ2) is 10.6.